The maximum Gasteiger partial charge on any atom is 0.339 e. The Kier molecular flexibility index (Phi) is 2.95. The summed E-state index contributed by atoms with van der Waals surface area (Å²) in [7, 11) is 0. The van der Waals surface area contributed by atoms with Crippen LogP contribution in [0.5, 0.6) is 5.75 Å². The lowest BCUT2D eigenvalue weighted by Crippen LogP contribution is -2.07. The molecule has 0 radical (unpaired) electrons. The fourth-order valence-electron chi connectivity index (χ4n) is 1.69. The van der Waals surface area contributed by atoms with E-state index in [2.05, 4.69) is 4.98 Å². The van der Waals surface area contributed by atoms with Crippen molar-refractivity contribution in [3.8, 4) is 5.75 Å². The topological polar surface area (TPSA) is 59.4 Å². The van der Waals surface area contributed by atoms with Crippen molar-refractivity contribution in [1.29, 1.82) is 0 Å². The molecule has 0 unspecified atom stereocenters. The highest BCUT2D eigenvalue weighted by atomic mass is 16.5. The molecule has 0 saturated carbocycles. The number of carbonyl (C=O) groups excluding carboxylic acids is 1. The van der Waals surface area contributed by atoms with E-state index in [0.717, 1.165) is 5.39 Å². The minimum atomic E-state index is -0.386. The highest BCUT2D eigenvalue weighted by Gasteiger charge is 2.13. The Bertz CT molecular complexity index is 578. The second-order valence-electron chi connectivity index (χ2n) is 3.69. The first kappa shape index (κ1) is 11.4. The van der Waals surface area contributed by atoms with Crippen LogP contribution in [0.15, 0.2) is 24.3 Å². The van der Waals surface area contributed by atoms with Crippen LogP contribution in [-0.4, -0.2) is 22.7 Å². The maximum absolute atomic E-state index is 11.7. The fourth-order valence-corrected chi connectivity index (χ4v) is 1.69. The largest absolute Gasteiger partial charge is 0.506 e. The van der Waals surface area contributed by atoms with Gasteiger partial charge in [0.05, 0.1) is 17.9 Å². The average Bonchev–Trinajstić information content (AvgIpc) is 2.30. The van der Waals surface area contributed by atoms with Crippen molar-refractivity contribution < 1.29 is 14.6 Å². The first-order valence-corrected chi connectivity index (χ1v) is 5.40. The molecule has 1 aromatic heterocycles. The molecule has 88 valence electrons. The van der Waals surface area contributed by atoms with Crippen molar-refractivity contribution >= 4 is 16.9 Å². The van der Waals surface area contributed by atoms with Gasteiger partial charge in [-0.05, 0) is 26.0 Å². The van der Waals surface area contributed by atoms with E-state index in [-0.39, 0.29) is 11.7 Å². The second-order valence-corrected chi connectivity index (χ2v) is 3.69. The van der Waals surface area contributed by atoms with E-state index in [0.29, 0.717) is 23.4 Å². The van der Waals surface area contributed by atoms with Crippen LogP contribution in [0, 0.1) is 6.92 Å². The summed E-state index contributed by atoms with van der Waals surface area (Å²) >= 11 is 0. The second kappa shape index (κ2) is 4.41. The zero-order valence-electron chi connectivity index (χ0n) is 9.73. The molecular weight excluding hydrogens is 218 g/mol. The SMILES string of the molecule is CCOC(=O)c1cc2cccc(O)c2nc1C. The lowest BCUT2D eigenvalue weighted by atomic mass is 10.1. The summed E-state index contributed by atoms with van der Waals surface area (Å²) in [6.45, 7) is 3.81. The van der Waals surface area contributed by atoms with Crippen LogP contribution in [0.2, 0.25) is 0 Å². The minimum Gasteiger partial charge on any atom is -0.506 e. The van der Waals surface area contributed by atoms with Crippen LogP contribution in [0.4, 0.5) is 0 Å². The third-order valence-corrected chi connectivity index (χ3v) is 2.51. The Labute approximate surface area is 98.9 Å². The third kappa shape index (κ3) is 2.06. The summed E-state index contributed by atoms with van der Waals surface area (Å²) in [6.07, 6.45) is 0. The van der Waals surface area contributed by atoms with Crippen LogP contribution in [0.25, 0.3) is 10.9 Å². The Morgan fingerprint density at radius 1 is 1.47 bits per heavy atom. The molecular formula is C13H13NO3. The number of esters is 1. The molecule has 2 rings (SSSR count). The number of ether oxygens (including phenoxy) is 1. The van der Waals surface area contributed by atoms with E-state index in [1.807, 2.05) is 0 Å². The van der Waals surface area contributed by atoms with Gasteiger partial charge >= 0.3 is 5.97 Å². The molecule has 0 aliphatic carbocycles. The Morgan fingerprint density at radius 3 is 2.94 bits per heavy atom. The number of nitrogens with zero attached hydrogens (tertiary/aromatic N) is 1. The molecule has 0 amide bonds. The third-order valence-electron chi connectivity index (χ3n) is 2.51. The number of phenols is 1. The number of hydrogen-bond donors (Lipinski definition) is 1. The summed E-state index contributed by atoms with van der Waals surface area (Å²) < 4.78 is 4.95. The van der Waals surface area contributed by atoms with Gasteiger partial charge in [0, 0.05) is 5.39 Å². The summed E-state index contributed by atoms with van der Waals surface area (Å²) in [4.78, 5) is 15.9. The number of aromatic hydroxyl groups is 1. The van der Waals surface area contributed by atoms with Crippen molar-refractivity contribution in [2.75, 3.05) is 6.61 Å². The predicted octanol–water partition coefficient (Wildman–Crippen LogP) is 2.43. The molecule has 0 aliphatic heterocycles. The number of aromatic nitrogens is 1. The monoisotopic (exact) mass is 231 g/mol. The number of benzene rings is 1. The quantitative estimate of drug-likeness (QED) is 0.806. The lowest BCUT2D eigenvalue weighted by Gasteiger charge is -2.07. The first-order valence-electron chi connectivity index (χ1n) is 5.40. The van der Waals surface area contributed by atoms with Crippen molar-refractivity contribution in [3.63, 3.8) is 0 Å². The standard InChI is InChI=1S/C13H13NO3/c1-3-17-13(16)10-7-9-5-4-6-11(15)12(9)14-8(10)2/h4-7,15H,3H2,1-2H3. The number of rotatable bonds is 2. The van der Waals surface area contributed by atoms with Gasteiger partial charge in [0.2, 0.25) is 0 Å². The molecule has 0 bridgehead atoms. The number of fused-ring (bicyclic) bond motifs is 1. The van der Waals surface area contributed by atoms with Gasteiger partial charge < -0.3 is 9.84 Å². The smallest absolute Gasteiger partial charge is 0.339 e. The van der Waals surface area contributed by atoms with Crippen molar-refractivity contribution in [2.45, 2.75) is 13.8 Å². The molecule has 4 nitrogen and oxygen atoms in total. The minimum absolute atomic E-state index is 0.112. The number of pyridine rings is 1. The summed E-state index contributed by atoms with van der Waals surface area (Å²) in [5, 5.41) is 10.4. The molecule has 0 spiro atoms. The number of aryl methyl sites for hydroxylation is 1. The van der Waals surface area contributed by atoms with Crippen molar-refractivity contribution in [3.05, 3.63) is 35.5 Å². The van der Waals surface area contributed by atoms with Crippen LogP contribution in [-0.2, 0) is 4.74 Å². The summed E-state index contributed by atoms with van der Waals surface area (Å²) in [6, 6.07) is 6.77. The van der Waals surface area contributed by atoms with Gasteiger partial charge in [0.25, 0.3) is 0 Å². The molecule has 0 atom stereocenters. The zero-order chi connectivity index (χ0) is 12.4. The summed E-state index contributed by atoms with van der Waals surface area (Å²) in [5.41, 5.74) is 1.49. The molecule has 0 fully saturated rings. The molecule has 1 N–H and O–H groups in total. The molecule has 0 saturated heterocycles. The van der Waals surface area contributed by atoms with Gasteiger partial charge in [-0.1, -0.05) is 12.1 Å². The molecule has 1 heterocycles. The lowest BCUT2D eigenvalue weighted by molar-refractivity contribution is 0.0525. The van der Waals surface area contributed by atoms with E-state index < -0.39 is 0 Å². The van der Waals surface area contributed by atoms with Crippen LogP contribution < -0.4 is 0 Å². The first-order chi connectivity index (χ1) is 8.13. The predicted molar refractivity (Wildman–Crippen MR) is 64.1 cm³/mol. The molecule has 17 heavy (non-hydrogen) atoms. The van der Waals surface area contributed by atoms with Gasteiger partial charge in [-0.2, -0.15) is 0 Å². The summed E-state index contributed by atoms with van der Waals surface area (Å²) in [5.74, 6) is -0.274. The molecule has 1 aromatic carbocycles. The van der Waals surface area contributed by atoms with Crippen LogP contribution >= 0.6 is 0 Å². The average molecular weight is 231 g/mol. The fraction of sp³-hybridized carbons (Fsp3) is 0.231. The van der Waals surface area contributed by atoms with Crippen molar-refractivity contribution in [2.24, 2.45) is 0 Å². The number of carbonyl (C=O) groups is 1. The van der Waals surface area contributed by atoms with Crippen LogP contribution in [0.3, 0.4) is 0 Å². The van der Waals surface area contributed by atoms with Gasteiger partial charge in [0.1, 0.15) is 11.3 Å². The number of phenolic OH excluding ortho intramolecular Hbond substituents is 1. The Balaban J connectivity index is 2.60. The maximum atomic E-state index is 11.7. The van der Waals surface area contributed by atoms with E-state index in [9.17, 15) is 9.90 Å². The molecule has 2 aromatic rings. The van der Waals surface area contributed by atoms with Gasteiger partial charge in [-0.15, -0.1) is 0 Å². The Morgan fingerprint density at radius 2 is 2.24 bits per heavy atom. The molecule has 0 aliphatic rings. The van der Waals surface area contributed by atoms with E-state index in [1.165, 1.54) is 0 Å². The van der Waals surface area contributed by atoms with E-state index in [4.69, 9.17) is 4.74 Å². The zero-order valence-corrected chi connectivity index (χ0v) is 9.73. The van der Waals surface area contributed by atoms with Gasteiger partial charge in [-0.25, -0.2) is 9.78 Å². The number of para-hydroxylation sites is 1. The van der Waals surface area contributed by atoms with Gasteiger partial charge in [0.15, 0.2) is 0 Å². The normalized spacial score (nSPS) is 10.5. The highest BCUT2D eigenvalue weighted by Crippen LogP contribution is 2.24. The van der Waals surface area contributed by atoms with Crippen molar-refractivity contribution in [1.82, 2.24) is 4.98 Å². The van der Waals surface area contributed by atoms with E-state index in [1.54, 1.807) is 38.1 Å². The Hall–Kier alpha value is -2.10. The molecule has 4 heteroatoms. The van der Waals surface area contributed by atoms with Crippen LogP contribution in [0.1, 0.15) is 23.0 Å². The van der Waals surface area contributed by atoms with E-state index >= 15 is 0 Å². The van der Waals surface area contributed by atoms with Gasteiger partial charge in [-0.3, -0.25) is 0 Å². The number of hydrogen-bond acceptors (Lipinski definition) is 4. The highest BCUT2D eigenvalue weighted by molar-refractivity contribution is 5.96.